The molecule has 0 aromatic heterocycles. The van der Waals surface area contributed by atoms with Gasteiger partial charge < -0.3 is 0 Å². The molecular formula is C9H15NO3. The van der Waals surface area contributed by atoms with Crippen molar-refractivity contribution in [2.45, 2.75) is 45.1 Å². The lowest BCUT2D eigenvalue weighted by Crippen LogP contribution is -2.42. The molecule has 0 aromatic rings. The Bertz CT molecular complexity index is 235. The molecule has 1 saturated carbocycles. The molecule has 1 fully saturated rings. The Morgan fingerprint density at radius 2 is 2.15 bits per heavy atom. The first-order valence-electron chi connectivity index (χ1n) is 4.61. The molecule has 0 bridgehead atoms. The van der Waals surface area contributed by atoms with Crippen LogP contribution < -0.4 is 0 Å². The van der Waals surface area contributed by atoms with Crippen molar-refractivity contribution in [2.24, 2.45) is 5.92 Å². The third kappa shape index (κ3) is 2.05. The molecule has 4 nitrogen and oxygen atoms in total. The molecule has 1 atom stereocenters. The van der Waals surface area contributed by atoms with E-state index in [0.29, 0.717) is 12.8 Å². The highest BCUT2D eigenvalue weighted by Crippen LogP contribution is 2.32. The maximum atomic E-state index is 11.1. The van der Waals surface area contributed by atoms with Gasteiger partial charge in [-0.15, -0.1) is 0 Å². The van der Waals surface area contributed by atoms with Crippen LogP contribution in [0.25, 0.3) is 0 Å². The zero-order chi connectivity index (χ0) is 10.1. The Morgan fingerprint density at radius 3 is 2.62 bits per heavy atom. The lowest BCUT2D eigenvalue weighted by Gasteiger charge is -2.28. The number of carbonyl (C=O) groups is 1. The highest BCUT2D eigenvalue weighted by atomic mass is 16.6. The van der Waals surface area contributed by atoms with Crippen molar-refractivity contribution >= 4 is 5.78 Å². The fourth-order valence-corrected chi connectivity index (χ4v) is 1.78. The van der Waals surface area contributed by atoms with Crippen LogP contribution in [0, 0.1) is 16.0 Å². The molecule has 0 heterocycles. The third-order valence-corrected chi connectivity index (χ3v) is 2.95. The fraction of sp³-hybridized carbons (Fsp3) is 0.889. The monoisotopic (exact) mass is 185 g/mol. The smallest absolute Gasteiger partial charge is 0.220 e. The summed E-state index contributed by atoms with van der Waals surface area (Å²) < 4.78 is 0. The Hall–Kier alpha value is -0.930. The Balaban J connectivity index is 2.70. The molecule has 0 N–H and O–H groups in total. The number of nitro groups is 1. The minimum absolute atomic E-state index is 0.0799. The SMILES string of the molecule is CC(C)(C1CCCC(=O)C1)[N+](=O)[O-]. The molecule has 0 radical (unpaired) electrons. The molecule has 0 aliphatic heterocycles. The summed E-state index contributed by atoms with van der Waals surface area (Å²) >= 11 is 0. The van der Waals surface area contributed by atoms with Crippen molar-refractivity contribution in [3.63, 3.8) is 0 Å². The van der Waals surface area contributed by atoms with E-state index in [4.69, 9.17) is 0 Å². The summed E-state index contributed by atoms with van der Waals surface area (Å²) in [7, 11) is 0. The van der Waals surface area contributed by atoms with E-state index >= 15 is 0 Å². The first-order valence-corrected chi connectivity index (χ1v) is 4.61. The topological polar surface area (TPSA) is 60.2 Å². The second-order valence-electron chi connectivity index (χ2n) is 4.24. The molecule has 4 heteroatoms. The van der Waals surface area contributed by atoms with E-state index in [1.165, 1.54) is 0 Å². The van der Waals surface area contributed by atoms with Crippen LogP contribution in [-0.2, 0) is 4.79 Å². The van der Waals surface area contributed by atoms with Crippen LogP contribution in [0.1, 0.15) is 39.5 Å². The number of ketones is 1. The van der Waals surface area contributed by atoms with Gasteiger partial charge in [0.15, 0.2) is 0 Å². The zero-order valence-electron chi connectivity index (χ0n) is 8.08. The molecule has 0 amide bonds. The van der Waals surface area contributed by atoms with Crippen molar-refractivity contribution in [3.8, 4) is 0 Å². The Morgan fingerprint density at radius 1 is 1.54 bits per heavy atom. The highest BCUT2D eigenvalue weighted by molar-refractivity contribution is 5.79. The first kappa shape index (κ1) is 10.2. The van der Waals surface area contributed by atoms with Gasteiger partial charge >= 0.3 is 0 Å². The van der Waals surface area contributed by atoms with Gasteiger partial charge in [-0.25, -0.2) is 0 Å². The molecular weight excluding hydrogens is 170 g/mol. The standard InChI is InChI=1S/C9H15NO3/c1-9(2,10(12)13)7-4-3-5-8(11)6-7/h7H,3-6H2,1-2H3. The van der Waals surface area contributed by atoms with E-state index in [-0.39, 0.29) is 16.6 Å². The number of Topliss-reactive ketones (excluding diaryl/α,β-unsaturated/α-hetero) is 1. The maximum Gasteiger partial charge on any atom is 0.220 e. The normalized spacial score (nSPS) is 24.5. The van der Waals surface area contributed by atoms with Crippen LogP contribution in [0.2, 0.25) is 0 Å². The molecule has 1 rings (SSSR count). The number of hydrogen-bond donors (Lipinski definition) is 0. The summed E-state index contributed by atoms with van der Waals surface area (Å²) in [6.45, 7) is 3.21. The summed E-state index contributed by atoms with van der Waals surface area (Å²) in [6, 6.07) is 0. The van der Waals surface area contributed by atoms with Gasteiger partial charge in [0.25, 0.3) is 0 Å². The van der Waals surface area contributed by atoms with E-state index in [0.717, 1.165) is 12.8 Å². The summed E-state index contributed by atoms with van der Waals surface area (Å²) in [5.74, 6) is 0.0925. The molecule has 13 heavy (non-hydrogen) atoms. The quantitative estimate of drug-likeness (QED) is 0.486. The predicted octanol–water partition coefficient (Wildman–Crippen LogP) is 1.80. The van der Waals surface area contributed by atoms with Gasteiger partial charge in [0, 0.05) is 37.5 Å². The van der Waals surface area contributed by atoms with Crippen molar-refractivity contribution in [1.82, 2.24) is 0 Å². The Kier molecular flexibility index (Phi) is 2.68. The minimum Gasteiger partial charge on any atom is -0.300 e. The van der Waals surface area contributed by atoms with Gasteiger partial charge in [-0.2, -0.15) is 0 Å². The van der Waals surface area contributed by atoms with E-state index in [1.807, 2.05) is 0 Å². The maximum absolute atomic E-state index is 11.1. The summed E-state index contributed by atoms with van der Waals surface area (Å²) in [5, 5.41) is 10.7. The lowest BCUT2D eigenvalue weighted by atomic mass is 9.76. The molecule has 0 saturated heterocycles. The molecule has 0 spiro atoms. The number of rotatable bonds is 2. The largest absolute Gasteiger partial charge is 0.300 e. The molecule has 74 valence electrons. The van der Waals surface area contributed by atoms with Crippen LogP contribution in [0.4, 0.5) is 0 Å². The van der Waals surface area contributed by atoms with Crippen LogP contribution in [0.3, 0.4) is 0 Å². The second kappa shape index (κ2) is 3.44. The summed E-state index contributed by atoms with van der Waals surface area (Å²) in [5.41, 5.74) is -0.948. The van der Waals surface area contributed by atoms with Gasteiger partial charge in [-0.1, -0.05) is 0 Å². The molecule has 1 unspecified atom stereocenters. The van der Waals surface area contributed by atoms with Gasteiger partial charge in [-0.05, 0) is 12.8 Å². The summed E-state index contributed by atoms with van der Waals surface area (Å²) in [6.07, 6.45) is 2.60. The van der Waals surface area contributed by atoms with Crippen molar-refractivity contribution in [1.29, 1.82) is 0 Å². The minimum atomic E-state index is -0.948. The van der Waals surface area contributed by atoms with E-state index in [2.05, 4.69) is 0 Å². The van der Waals surface area contributed by atoms with Crippen molar-refractivity contribution in [3.05, 3.63) is 10.1 Å². The number of nitrogens with zero attached hydrogens (tertiary/aromatic N) is 1. The molecule has 0 aromatic carbocycles. The zero-order valence-corrected chi connectivity index (χ0v) is 8.08. The van der Waals surface area contributed by atoms with Crippen LogP contribution in [0.15, 0.2) is 0 Å². The van der Waals surface area contributed by atoms with Crippen LogP contribution in [0.5, 0.6) is 0 Å². The number of carbonyl (C=O) groups excluding carboxylic acids is 1. The van der Waals surface area contributed by atoms with E-state index < -0.39 is 5.54 Å². The van der Waals surface area contributed by atoms with Crippen molar-refractivity contribution in [2.75, 3.05) is 0 Å². The van der Waals surface area contributed by atoms with E-state index in [1.54, 1.807) is 13.8 Å². The van der Waals surface area contributed by atoms with Gasteiger partial charge in [0.1, 0.15) is 5.78 Å². The van der Waals surface area contributed by atoms with Crippen molar-refractivity contribution < 1.29 is 9.72 Å². The van der Waals surface area contributed by atoms with Crippen LogP contribution in [-0.4, -0.2) is 16.2 Å². The van der Waals surface area contributed by atoms with Crippen LogP contribution >= 0.6 is 0 Å². The Labute approximate surface area is 77.5 Å². The second-order valence-corrected chi connectivity index (χ2v) is 4.24. The highest BCUT2D eigenvalue weighted by Gasteiger charge is 2.42. The predicted molar refractivity (Wildman–Crippen MR) is 48.0 cm³/mol. The van der Waals surface area contributed by atoms with Gasteiger partial charge in [0.2, 0.25) is 5.54 Å². The average Bonchev–Trinajstić information content (AvgIpc) is 2.04. The van der Waals surface area contributed by atoms with Gasteiger partial charge in [0.05, 0.1) is 0 Å². The lowest BCUT2D eigenvalue weighted by molar-refractivity contribution is -0.571. The number of hydrogen-bond acceptors (Lipinski definition) is 3. The average molecular weight is 185 g/mol. The fourth-order valence-electron chi connectivity index (χ4n) is 1.78. The summed E-state index contributed by atoms with van der Waals surface area (Å²) in [4.78, 5) is 21.6. The first-order chi connectivity index (χ1) is 5.94. The van der Waals surface area contributed by atoms with E-state index in [9.17, 15) is 14.9 Å². The molecule has 1 aliphatic rings. The van der Waals surface area contributed by atoms with Gasteiger partial charge in [-0.3, -0.25) is 14.9 Å². The molecule has 1 aliphatic carbocycles. The third-order valence-electron chi connectivity index (χ3n) is 2.95.